The summed E-state index contributed by atoms with van der Waals surface area (Å²) >= 11 is 0. The number of aliphatic carboxylic acids is 1. The molecule has 0 heterocycles. The molecule has 0 bridgehead atoms. The second kappa shape index (κ2) is 7.51. The average Bonchev–Trinajstić information content (AvgIpc) is 2.03. The van der Waals surface area contributed by atoms with Gasteiger partial charge >= 0.3 is 11.9 Å². The third kappa shape index (κ3) is 10.9. The van der Waals surface area contributed by atoms with E-state index in [0.717, 1.165) is 0 Å². The quantitative estimate of drug-likeness (QED) is 0.483. The number of hydrogen-bond acceptors (Lipinski definition) is 5. The van der Waals surface area contributed by atoms with Crippen molar-refractivity contribution in [2.24, 2.45) is 5.73 Å². The molecule has 0 spiro atoms. The van der Waals surface area contributed by atoms with Crippen LogP contribution < -0.4 is 5.73 Å². The van der Waals surface area contributed by atoms with Crippen molar-refractivity contribution in [1.82, 2.24) is 0 Å². The van der Waals surface area contributed by atoms with Crippen LogP contribution in [0.5, 0.6) is 0 Å². The highest BCUT2D eigenvalue weighted by molar-refractivity contribution is 5.74. The minimum Gasteiger partial charge on any atom is -0.479 e. The van der Waals surface area contributed by atoms with Gasteiger partial charge in [-0.1, -0.05) is 0 Å². The minimum absolute atomic E-state index is 0.375. The first-order valence-electron chi connectivity index (χ1n) is 3.57. The largest absolute Gasteiger partial charge is 0.479 e. The molecule has 0 aliphatic heterocycles. The molecule has 0 radical (unpaired) electrons. The van der Waals surface area contributed by atoms with E-state index >= 15 is 0 Å². The monoisotopic (exact) mass is 193 g/mol. The van der Waals surface area contributed by atoms with Crippen LogP contribution in [0.4, 0.5) is 0 Å². The molecule has 0 aliphatic carbocycles. The Labute approximate surface area is 76.3 Å². The van der Waals surface area contributed by atoms with Crippen molar-refractivity contribution in [3.8, 4) is 0 Å². The van der Waals surface area contributed by atoms with E-state index in [-0.39, 0.29) is 5.97 Å². The summed E-state index contributed by atoms with van der Waals surface area (Å²) in [6.07, 6.45) is -1.23. The summed E-state index contributed by atoms with van der Waals surface area (Å²) < 4.78 is 4.25. The lowest BCUT2D eigenvalue weighted by atomic mass is 10.4. The third-order valence-electron chi connectivity index (χ3n) is 0.930. The molecule has 6 heteroatoms. The van der Waals surface area contributed by atoms with E-state index in [4.69, 9.17) is 15.9 Å². The molecule has 4 N–H and O–H groups in total. The Morgan fingerprint density at radius 2 is 1.69 bits per heavy atom. The number of rotatable bonds is 2. The third-order valence-corrected chi connectivity index (χ3v) is 0.930. The van der Waals surface area contributed by atoms with Crippen LogP contribution in [0.1, 0.15) is 13.8 Å². The SMILES string of the molecule is CC(O)C(=O)O.COC(=O)C(C)N. The van der Waals surface area contributed by atoms with Gasteiger partial charge in [-0.15, -0.1) is 0 Å². The van der Waals surface area contributed by atoms with E-state index in [1.807, 2.05) is 0 Å². The molecule has 13 heavy (non-hydrogen) atoms. The van der Waals surface area contributed by atoms with Gasteiger partial charge in [0.1, 0.15) is 12.1 Å². The maximum Gasteiger partial charge on any atom is 0.332 e. The molecule has 0 aliphatic rings. The van der Waals surface area contributed by atoms with Crippen LogP contribution in [0.15, 0.2) is 0 Å². The highest BCUT2D eigenvalue weighted by Crippen LogP contribution is 1.76. The lowest BCUT2D eigenvalue weighted by molar-refractivity contribution is -0.145. The molecular formula is C7H15NO5. The van der Waals surface area contributed by atoms with Crippen LogP contribution >= 0.6 is 0 Å². The highest BCUT2D eigenvalue weighted by atomic mass is 16.5. The number of carboxylic acid groups (broad SMARTS) is 1. The number of carbonyl (C=O) groups excluding carboxylic acids is 1. The van der Waals surface area contributed by atoms with Gasteiger partial charge < -0.3 is 20.7 Å². The summed E-state index contributed by atoms with van der Waals surface area (Å²) in [6.45, 7) is 2.77. The van der Waals surface area contributed by atoms with Crippen LogP contribution in [0.25, 0.3) is 0 Å². The second-order valence-electron chi connectivity index (χ2n) is 2.33. The number of nitrogens with two attached hydrogens (primary N) is 1. The number of ether oxygens (including phenoxy) is 1. The highest BCUT2D eigenvalue weighted by Gasteiger charge is 2.03. The molecule has 0 rings (SSSR count). The summed E-state index contributed by atoms with van der Waals surface area (Å²) in [5.41, 5.74) is 5.07. The Hall–Kier alpha value is -1.14. The maximum atomic E-state index is 10.2. The Morgan fingerprint density at radius 1 is 1.38 bits per heavy atom. The number of hydrogen-bond donors (Lipinski definition) is 3. The lowest BCUT2D eigenvalue weighted by Gasteiger charge is -1.98. The first-order valence-corrected chi connectivity index (χ1v) is 3.57. The first kappa shape index (κ1) is 14.4. The molecule has 0 aromatic heterocycles. The lowest BCUT2D eigenvalue weighted by Crippen LogP contribution is -2.27. The smallest absolute Gasteiger partial charge is 0.332 e. The van der Waals surface area contributed by atoms with Crippen molar-refractivity contribution in [1.29, 1.82) is 0 Å². The number of aliphatic hydroxyl groups excluding tert-OH is 1. The van der Waals surface area contributed by atoms with Crippen molar-refractivity contribution in [2.45, 2.75) is 26.0 Å². The van der Waals surface area contributed by atoms with Gasteiger partial charge in [-0.25, -0.2) is 4.79 Å². The molecule has 0 saturated heterocycles. The molecule has 0 amide bonds. The predicted octanol–water partition coefficient (Wildman–Crippen LogP) is -1.04. The van der Waals surface area contributed by atoms with Crippen molar-refractivity contribution in [3.05, 3.63) is 0 Å². The van der Waals surface area contributed by atoms with Crippen LogP contribution in [-0.4, -0.2) is 41.4 Å². The minimum atomic E-state index is -1.23. The molecule has 78 valence electrons. The van der Waals surface area contributed by atoms with Crippen molar-refractivity contribution in [3.63, 3.8) is 0 Å². The fourth-order valence-corrected chi connectivity index (χ4v) is 0.186. The van der Waals surface area contributed by atoms with Gasteiger partial charge in [-0.3, -0.25) is 4.79 Å². The number of esters is 1. The molecule has 6 nitrogen and oxygen atoms in total. The second-order valence-corrected chi connectivity index (χ2v) is 2.33. The molecule has 2 unspecified atom stereocenters. The fraction of sp³-hybridized carbons (Fsp3) is 0.714. The Balaban J connectivity index is 0. The number of carbonyl (C=O) groups is 2. The van der Waals surface area contributed by atoms with Gasteiger partial charge in [0.15, 0.2) is 0 Å². The van der Waals surface area contributed by atoms with E-state index < -0.39 is 18.1 Å². The van der Waals surface area contributed by atoms with Crippen molar-refractivity contribution >= 4 is 11.9 Å². The molecule has 0 fully saturated rings. The van der Waals surface area contributed by atoms with Gasteiger partial charge in [-0.2, -0.15) is 0 Å². The van der Waals surface area contributed by atoms with Gasteiger partial charge in [0.05, 0.1) is 7.11 Å². The van der Waals surface area contributed by atoms with E-state index in [1.54, 1.807) is 6.92 Å². The van der Waals surface area contributed by atoms with Crippen molar-refractivity contribution < 1.29 is 24.5 Å². The fourth-order valence-electron chi connectivity index (χ4n) is 0.186. The Bertz CT molecular complexity index is 166. The first-order chi connectivity index (χ1) is 5.82. The zero-order valence-corrected chi connectivity index (χ0v) is 7.85. The average molecular weight is 193 g/mol. The standard InChI is InChI=1S/C4H9NO2.C3H6O3/c1-3(5)4(6)7-2;1-2(4)3(5)6/h3H,5H2,1-2H3;2,4H,1H3,(H,5,6). The van der Waals surface area contributed by atoms with Crippen molar-refractivity contribution in [2.75, 3.05) is 7.11 Å². The molecular weight excluding hydrogens is 178 g/mol. The zero-order chi connectivity index (χ0) is 11.0. The molecule has 2 atom stereocenters. The predicted molar refractivity (Wildman–Crippen MR) is 45.0 cm³/mol. The van der Waals surface area contributed by atoms with Gasteiger partial charge in [0.2, 0.25) is 0 Å². The Morgan fingerprint density at radius 3 is 1.69 bits per heavy atom. The Kier molecular flexibility index (Phi) is 8.31. The number of carboxylic acids is 1. The summed E-state index contributed by atoms with van der Waals surface area (Å²) in [7, 11) is 1.31. The molecule has 0 aromatic rings. The number of methoxy groups -OCH3 is 1. The van der Waals surface area contributed by atoms with Crippen LogP contribution in [0.2, 0.25) is 0 Å². The molecule has 0 saturated carbocycles. The van der Waals surface area contributed by atoms with Crippen LogP contribution in [0.3, 0.4) is 0 Å². The van der Waals surface area contributed by atoms with Crippen LogP contribution in [0, 0.1) is 0 Å². The summed E-state index contributed by atoms with van der Waals surface area (Å²) in [6, 6.07) is -0.495. The van der Waals surface area contributed by atoms with E-state index in [1.165, 1.54) is 14.0 Å². The van der Waals surface area contributed by atoms with Gasteiger partial charge in [-0.05, 0) is 13.8 Å². The van der Waals surface area contributed by atoms with Gasteiger partial charge in [0.25, 0.3) is 0 Å². The zero-order valence-electron chi connectivity index (χ0n) is 7.85. The molecule has 0 aromatic carbocycles. The van der Waals surface area contributed by atoms with E-state index in [2.05, 4.69) is 4.74 Å². The van der Waals surface area contributed by atoms with Crippen LogP contribution in [-0.2, 0) is 14.3 Å². The topological polar surface area (TPSA) is 110 Å². The number of aliphatic hydroxyl groups is 1. The summed E-state index contributed by atoms with van der Waals surface area (Å²) in [5, 5.41) is 15.8. The van der Waals surface area contributed by atoms with E-state index in [9.17, 15) is 9.59 Å². The van der Waals surface area contributed by atoms with E-state index in [0.29, 0.717) is 0 Å². The normalized spacial score (nSPS) is 13.3. The summed E-state index contributed by atoms with van der Waals surface area (Å²) in [5.74, 6) is -1.56. The summed E-state index contributed by atoms with van der Waals surface area (Å²) in [4.78, 5) is 19.6. The maximum absolute atomic E-state index is 10.2. The van der Waals surface area contributed by atoms with Gasteiger partial charge in [0, 0.05) is 0 Å².